The van der Waals surface area contributed by atoms with Crippen molar-refractivity contribution in [1.82, 2.24) is 44.0 Å². The summed E-state index contributed by atoms with van der Waals surface area (Å²) in [4.78, 5) is 36.4. The molecule has 0 N–H and O–H groups in total. The summed E-state index contributed by atoms with van der Waals surface area (Å²) in [7, 11) is 0. The largest absolute Gasteiger partial charge is 0.456 e. The van der Waals surface area contributed by atoms with Gasteiger partial charge in [0, 0.05) is 65.3 Å². The maximum Gasteiger partial charge on any atom is 0.238 e. The van der Waals surface area contributed by atoms with Crippen LogP contribution in [0.4, 0.5) is 0 Å². The van der Waals surface area contributed by atoms with Crippen molar-refractivity contribution in [2.75, 3.05) is 0 Å². The van der Waals surface area contributed by atoms with E-state index in [4.69, 9.17) is 43.7 Å². The summed E-state index contributed by atoms with van der Waals surface area (Å²) >= 11 is 0. The number of para-hydroxylation sites is 4. The average Bonchev–Trinajstić information content (AvgIpc) is 4.25. The van der Waals surface area contributed by atoms with E-state index in [0.29, 0.717) is 40.8 Å². The van der Waals surface area contributed by atoms with Gasteiger partial charge in [0.2, 0.25) is 5.95 Å². The van der Waals surface area contributed by atoms with Crippen molar-refractivity contribution < 1.29 is 8.83 Å². The minimum Gasteiger partial charge on any atom is -0.456 e. The Bertz CT molecular complexity index is 4830. The summed E-state index contributed by atoms with van der Waals surface area (Å²) < 4.78 is 16.9. The van der Waals surface area contributed by atoms with Crippen molar-refractivity contribution in [2.45, 2.75) is 0 Å². The number of aromatic nitrogens is 9. The molecule has 0 saturated heterocycles. The first kappa shape index (κ1) is 41.9. The molecule has 16 rings (SSSR count). The summed E-state index contributed by atoms with van der Waals surface area (Å²) in [5.41, 5.74) is 11.2. The van der Waals surface area contributed by atoms with Crippen LogP contribution in [-0.4, -0.2) is 44.0 Å². The summed E-state index contributed by atoms with van der Waals surface area (Å²) in [6, 6.07) is 75.9. The van der Waals surface area contributed by atoms with Crippen LogP contribution in [0.15, 0.2) is 233 Å². The van der Waals surface area contributed by atoms with Gasteiger partial charge in [-0.25, -0.2) is 24.9 Å². The number of hydrogen-bond acceptors (Lipinski definition) is 9. The van der Waals surface area contributed by atoms with Crippen LogP contribution in [-0.2, 0) is 0 Å². The molecule has 0 bridgehead atoms. The van der Waals surface area contributed by atoms with Gasteiger partial charge in [0.1, 0.15) is 33.8 Å². The number of fused-ring (bicyclic) bond motifs is 13. The second-order valence-corrected chi connectivity index (χ2v) is 18.9. The van der Waals surface area contributed by atoms with Crippen LogP contribution in [0.3, 0.4) is 0 Å². The first-order chi connectivity index (χ1) is 37.6. The fraction of sp³-hybridized carbons (Fsp3) is 0. The highest BCUT2D eigenvalue weighted by molar-refractivity contribution is 6.29. The Hall–Kier alpha value is -10.7. The SMILES string of the molecule is c1ccc(-c2nc(-c3ccccc3)nc(-c3cccc(-n4c5ccccc5c5c6c7ccccc7n(-c7nc(-c8ccc9oc%10ccccc%10c9c8)nc(-c8ccc9oc%10ccccc%10c9c8)n7)c6ccc54)n3)n2)cc1. The van der Waals surface area contributed by atoms with Gasteiger partial charge in [0.25, 0.3) is 0 Å². The Morgan fingerprint density at radius 3 is 1.25 bits per heavy atom. The normalized spacial score (nSPS) is 11.9. The Labute approximate surface area is 431 Å². The molecule has 9 aromatic carbocycles. The summed E-state index contributed by atoms with van der Waals surface area (Å²) in [6.07, 6.45) is 0. The molecule has 11 heteroatoms. The average molecular weight is 976 g/mol. The Balaban J connectivity index is 0.912. The number of pyridine rings is 1. The topological polar surface area (TPSA) is 126 Å². The number of hydrogen-bond donors (Lipinski definition) is 0. The number of rotatable bonds is 7. The van der Waals surface area contributed by atoms with Crippen molar-refractivity contribution in [3.05, 3.63) is 224 Å². The lowest BCUT2D eigenvalue weighted by Gasteiger charge is -2.12. The van der Waals surface area contributed by atoms with Crippen molar-refractivity contribution in [1.29, 1.82) is 0 Å². The highest BCUT2D eigenvalue weighted by atomic mass is 16.3. The van der Waals surface area contributed by atoms with E-state index in [1.54, 1.807) is 0 Å². The third-order valence-electron chi connectivity index (χ3n) is 14.5. The van der Waals surface area contributed by atoms with E-state index < -0.39 is 0 Å². The lowest BCUT2D eigenvalue weighted by molar-refractivity contribution is 0.668. The minimum absolute atomic E-state index is 0.480. The maximum atomic E-state index is 6.26. The lowest BCUT2D eigenvalue weighted by atomic mass is 10.1. The molecule has 0 radical (unpaired) electrons. The molecule has 16 aromatic rings. The molecule has 0 amide bonds. The predicted octanol–water partition coefficient (Wildman–Crippen LogP) is 15.8. The van der Waals surface area contributed by atoms with Crippen LogP contribution < -0.4 is 0 Å². The quantitative estimate of drug-likeness (QED) is 0.153. The molecule has 11 nitrogen and oxygen atoms in total. The zero-order valence-electron chi connectivity index (χ0n) is 40.2. The van der Waals surface area contributed by atoms with E-state index in [9.17, 15) is 0 Å². The van der Waals surface area contributed by atoms with Gasteiger partial charge < -0.3 is 8.83 Å². The van der Waals surface area contributed by atoms with Crippen LogP contribution >= 0.6 is 0 Å². The van der Waals surface area contributed by atoms with E-state index in [0.717, 1.165) is 116 Å². The highest BCUT2D eigenvalue weighted by Gasteiger charge is 2.24. The highest BCUT2D eigenvalue weighted by Crippen LogP contribution is 2.43. The standard InChI is InChI=1S/C65H37N9O2/c1-3-16-38(17-4-1)60-67-61(39-18-5-2-6-19-39)70-64(69-60)48-24-15-29-57(66-48)73-49-25-11-7-22-44(49)58-51(73)32-33-52-59(58)45-23-8-12-26-50(45)74(52)65-71-62(40-30-34-55-46(36-40)42-20-9-13-27-53(42)75-55)68-63(72-65)41-31-35-56-47(37-41)43-21-10-14-28-54(43)76-56/h1-37H. The van der Waals surface area contributed by atoms with E-state index in [2.05, 4.69) is 94.1 Å². The third-order valence-corrected chi connectivity index (χ3v) is 14.5. The van der Waals surface area contributed by atoms with E-state index >= 15 is 0 Å². The number of nitrogens with zero attached hydrogens (tertiary/aromatic N) is 9. The van der Waals surface area contributed by atoms with Gasteiger partial charge in [0.15, 0.2) is 29.1 Å². The molecule has 0 aliphatic heterocycles. The predicted molar refractivity (Wildman–Crippen MR) is 301 cm³/mol. The van der Waals surface area contributed by atoms with Crippen molar-refractivity contribution in [3.8, 4) is 68.8 Å². The molecule has 0 fully saturated rings. The molecule has 7 aromatic heterocycles. The molecule has 0 atom stereocenters. The van der Waals surface area contributed by atoms with Crippen LogP contribution in [0.2, 0.25) is 0 Å². The number of benzene rings is 9. The molecule has 354 valence electrons. The maximum absolute atomic E-state index is 6.26. The van der Waals surface area contributed by atoms with E-state index in [1.165, 1.54) is 0 Å². The molecule has 7 heterocycles. The molecular formula is C65H37N9O2. The lowest BCUT2D eigenvalue weighted by Crippen LogP contribution is -2.06. The van der Waals surface area contributed by atoms with Crippen LogP contribution in [0.1, 0.15) is 0 Å². The summed E-state index contributed by atoms with van der Waals surface area (Å²) in [6.45, 7) is 0. The first-order valence-corrected chi connectivity index (χ1v) is 25.1. The van der Waals surface area contributed by atoms with Gasteiger partial charge in [0.05, 0.1) is 22.1 Å². The Morgan fingerprint density at radius 1 is 0.263 bits per heavy atom. The molecule has 0 aliphatic carbocycles. The second kappa shape index (κ2) is 16.4. The van der Waals surface area contributed by atoms with Crippen LogP contribution in [0.5, 0.6) is 0 Å². The Kier molecular flexibility index (Phi) is 9.06. The van der Waals surface area contributed by atoms with E-state index in [-0.39, 0.29) is 0 Å². The van der Waals surface area contributed by atoms with Crippen LogP contribution in [0.25, 0.3) is 156 Å². The zero-order chi connectivity index (χ0) is 49.8. The van der Waals surface area contributed by atoms with Gasteiger partial charge in [-0.2, -0.15) is 9.97 Å². The van der Waals surface area contributed by atoms with E-state index in [1.807, 2.05) is 140 Å². The van der Waals surface area contributed by atoms with Gasteiger partial charge in [-0.15, -0.1) is 0 Å². The van der Waals surface area contributed by atoms with Gasteiger partial charge >= 0.3 is 0 Å². The summed E-state index contributed by atoms with van der Waals surface area (Å²) in [5.74, 6) is 3.90. The molecule has 0 aliphatic rings. The van der Waals surface area contributed by atoms with Gasteiger partial charge in [-0.05, 0) is 84.9 Å². The third kappa shape index (κ3) is 6.52. The van der Waals surface area contributed by atoms with Crippen molar-refractivity contribution >= 4 is 87.5 Å². The van der Waals surface area contributed by atoms with Crippen molar-refractivity contribution in [3.63, 3.8) is 0 Å². The fourth-order valence-electron chi connectivity index (χ4n) is 11.0. The summed E-state index contributed by atoms with van der Waals surface area (Å²) in [5, 5.41) is 8.31. The minimum atomic E-state index is 0.480. The smallest absolute Gasteiger partial charge is 0.238 e. The second-order valence-electron chi connectivity index (χ2n) is 18.9. The molecule has 76 heavy (non-hydrogen) atoms. The van der Waals surface area contributed by atoms with Crippen LogP contribution in [0, 0.1) is 0 Å². The monoisotopic (exact) mass is 975 g/mol. The molecular weight excluding hydrogens is 939 g/mol. The molecule has 0 unspecified atom stereocenters. The number of furan rings is 2. The zero-order valence-corrected chi connectivity index (χ0v) is 40.2. The first-order valence-electron chi connectivity index (χ1n) is 25.1. The van der Waals surface area contributed by atoms with Gasteiger partial charge in [-0.1, -0.05) is 140 Å². The fourth-order valence-corrected chi connectivity index (χ4v) is 11.0. The Morgan fingerprint density at radius 2 is 0.697 bits per heavy atom. The van der Waals surface area contributed by atoms with Crippen molar-refractivity contribution in [2.24, 2.45) is 0 Å². The van der Waals surface area contributed by atoms with Gasteiger partial charge in [-0.3, -0.25) is 9.13 Å². The molecule has 0 saturated carbocycles. The molecule has 0 spiro atoms.